The summed E-state index contributed by atoms with van der Waals surface area (Å²) < 4.78 is 53.4. The van der Waals surface area contributed by atoms with Crippen molar-refractivity contribution in [3.8, 4) is 5.75 Å². The summed E-state index contributed by atoms with van der Waals surface area (Å²) in [6, 6.07) is 4.33. The molecule has 5 heteroatoms. The van der Waals surface area contributed by atoms with Gasteiger partial charge in [-0.1, -0.05) is 6.07 Å². The van der Waals surface area contributed by atoms with Crippen LogP contribution in [0.5, 0.6) is 5.75 Å². The van der Waals surface area contributed by atoms with Crippen molar-refractivity contribution in [3.05, 3.63) is 29.6 Å². The average Bonchev–Trinajstić information content (AvgIpc) is 2.13. The van der Waals surface area contributed by atoms with Gasteiger partial charge >= 0.3 is 6.18 Å². The lowest BCUT2D eigenvalue weighted by Gasteiger charge is -2.09. The van der Waals surface area contributed by atoms with Crippen LogP contribution >= 0.6 is 0 Å². The summed E-state index contributed by atoms with van der Waals surface area (Å²) in [5.41, 5.74) is 0.736. The minimum absolute atomic E-state index is 0.00669. The molecule has 1 aromatic carbocycles. The standard InChI is InChI=1S/C11H12F4O/c1-8-3-4-10(9(12)7-8)16-6-2-5-11(13,14)15/h3-4,7H,2,5-6H2,1H3. The number of ether oxygens (including phenoxy) is 1. The molecule has 16 heavy (non-hydrogen) atoms. The Morgan fingerprint density at radius 3 is 2.50 bits per heavy atom. The van der Waals surface area contributed by atoms with Crippen molar-refractivity contribution in [1.29, 1.82) is 0 Å². The first-order valence-corrected chi connectivity index (χ1v) is 4.84. The van der Waals surface area contributed by atoms with Crippen LogP contribution in [0.1, 0.15) is 18.4 Å². The number of halogens is 4. The Balaban J connectivity index is 2.38. The van der Waals surface area contributed by atoms with E-state index >= 15 is 0 Å². The fraction of sp³-hybridized carbons (Fsp3) is 0.455. The van der Waals surface area contributed by atoms with Crippen LogP contribution in [0.25, 0.3) is 0 Å². The van der Waals surface area contributed by atoms with E-state index in [4.69, 9.17) is 4.74 Å². The molecule has 0 N–H and O–H groups in total. The molecular weight excluding hydrogens is 224 g/mol. The van der Waals surface area contributed by atoms with Gasteiger partial charge in [-0.3, -0.25) is 0 Å². The van der Waals surface area contributed by atoms with Gasteiger partial charge in [0.05, 0.1) is 6.61 Å². The first-order chi connectivity index (χ1) is 7.38. The zero-order valence-corrected chi connectivity index (χ0v) is 8.77. The Hall–Kier alpha value is -1.26. The molecule has 0 aliphatic carbocycles. The molecule has 0 atom stereocenters. The number of alkyl halides is 3. The first-order valence-electron chi connectivity index (χ1n) is 4.84. The molecular formula is C11H12F4O. The predicted octanol–water partition coefficient (Wildman–Crippen LogP) is 3.86. The second-order valence-electron chi connectivity index (χ2n) is 3.50. The summed E-state index contributed by atoms with van der Waals surface area (Å²) in [5.74, 6) is -0.556. The van der Waals surface area contributed by atoms with Gasteiger partial charge in [0.25, 0.3) is 0 Å². The Kier molecular flexibility index (Phi) is 4.15. The number of rotatable bonds is 4. The smallest absolute Gasteiger partial charge is 0.389 e. The van der Waals surface area contributed by atoms with E-state index in [0.717, 1.165) is 5.56 Å². The molecule has 0 heterocycles. The molecule has 1 rings (SSSR count). The van der Waals surface area contributed by atoms with Gasteiger partial charge in [0.1, 0.15) is 0 Å². The average molecular weight is 236 g/mol. The first kappa shape index (κ1) is 12.8. The van der Waals surface area contributed by atoms with E-state index in [1.165, 1.54) is 12.1 Å². The van der Waals surface area contributed by atoms with Crippen LogP contribution in [0.4, 0.5) is 17.6 Å². The second kappa shape index (κ2) is 5.18. The molecule has 0 spiro atoms. The zero-order chi connectivity index (χ0) is 12.2. The fourth-order valence-corrected chi connectivity index (χ4v) is 1.18. The molecule has 0 amide bonds. The molecule has 0 aliphatic heterocycles. The van der Waals surface area contributed by atoms with E-state index in [0.29, 0.717) is 0 Å². The van der Waals surface area contributed by atoms with Gasteiger partial charge in [-0.15, -0.1) is 0 Å². The zero-order valence-electron chi connectivity index (χ0n) is 8.77. The largest absolute Gasteiger partial charge is 0.491 e. The van der Waals surface area contributed by atoms with Crippen LogP contribution in [0, 0.1) is 12.7 Å². The predicted molar refractivity (Wildman–Crippen MR) is 51.9 cm³/mol. The van der Waals surface area contributed by atoms with Gasteiger partial charge in [-0.25, -0.2) is 4.39 Å². The molecule has 0 aromatic heterocycles. The summed E-state index contributed by atoms with van der Waals surface area (Å²) in [6.07, 6.45) is -5.27. The highest BCUT2D eigenvalue weighted by atomic mass is 19.4. The molecule has 1 nitrogen and oxygen atoms in total. The van der Waals surface area contributed by atoms with Crippen LogP contribution in [0.2, 0.25) is 0 Å². The minimum Gasteiger partial charge on any atom is -0.491 e. The van der Waals surface area contributed by atoms with Crippen molar-refractivity contribution >= 4 is 0 Å². The quantitative estimate of drug-likeness (QED) is 0.569. The normalized spacial score (nSPS) is 11.6. The van der Waals surface area contributed by atoms with Gasteiger partial charge in [0, 0.05) is 6.42 Å². The van der Waals surface area contributed by atoms with Gasteiger partial charge in [-0.2, -0.15) is 13.2 Å². The van der Waals surface area contributed by atoms with Crippen LogP contribution in [0.3, 0.4) is 0 Å². The minimum atomic E-state index is -4.19. The number of aryl methyl sites for hydroxylation is 1. The molecule has 0 saturated carbocycles. The Labute approximate surface area is 91.0 Å². The van der Waals surface area contributed by atoms with Crippen molar-refractivity contribution in [2.24, 2.45) is 0 Å². The molecule has 1 aromatic rings. The van der Waals surface area contributed by atoms with Crippen LogP contribution in [-0.2, 0) is 0 Å². The van der Waals surface area contributed by atoms with Gasteiger partial charge in [0.2, 0.25) is 0 Å². The monoisotopic (exact) mass is 236 g/mol. The van der Waals surface area contributed by atoms with E-state index in [-0.39, 0.29) is 18.8 Å². The maximum Gasteiger partial charge on any atom is 0.389 e. The van der Waals surface area contributed by atoms with Gasteiger partial charge < -0.3 is 4.74 Å². The van der Waals surface area contributed by atoms with E-state index in [1.54, 1.807) is 13.0 Å². The van der Waals surface area contributed by atoms with E-state index in [9.17, 15) is 17.6 Å². The van der Waals surface area contributed by atoms with Crippen LogP contribution in [0.15, 0.2) is 18.2 Å². The van der Waals surface area contributed by atoms with Crippen molar-refractivity contribution in [2.75, 3.05) is 6.61 Å². The molecule has 0 bridgehead atoms. The second-order valence-corrected chi connectivity index (χ2v) is 3.50. The number of benzene rings is 1. The van der Waals surface area contributed by atoms with Crippen molar-refractivity contribution in [2.45, 2.75) is 25.9 Å². The highest BCUT2D eigenvalue weighted by molar-refractivity contribution is 5.28. The molecule has 0 unspecified atom stereocenters. The molecule has 0 saturated heterocycles. The third-order valence-electron chi connectivity index (χ3n) is 1.95. The SMILES string of the molecule is Cc1ccc(OCCCC(F)(F)F)c(F)c1. The van der Waals surface area contributed by atoms with Crippen molar-refractivity contribution in [3.63, 3.8) is 0 Å². The summed E-state index contributed by atoms with van der Waals surface area (Å²) in [7, 11) is 0. The fourth-order valence-electron chi connectivity index (χ4n) is 1.18. The van der Waals surface area contributed by atoms with Gasteiger partial charge in [0.15, 0.2) is 11.6 Å². The molecule has 0 radical (unpaired) electrons. The lowest BCUT2D eigenvalue weighted by molar-refractivity contribution is -0.136. The molecule has 0 fully saturated rings. The lowest BCUT2D eigenvalue weighted by Crippen LogP contribution is -2.10. The Morgan fingerprint density at radius 2 is 1.94 bits per heavy atom. The van der Waals surface area contributed by atoms with E-state index < -0.39 is 18.4 Å². The third-order valence-corrected chi connectivity index (χ3v) is 1.95. The Morgan fingerprint density at radius 1 is 1.25 bits per heavy atom. The van der Waals surface area contributed by atoms with Crippen LogP contribution in [-0.4, -0.2) is 12.8 Å². The maximum atomic E-state index is 13.2. The summed E-state index contributed by atoms with van der Waals surface area (Å²) in [5, 5.41) is 0. The lowest BCUT2D eigenvalue weighted by atomic mass is 10.2. The summed E-state index contributed by atoms with van der Waals surface area (Å²) in [4.78, 5) is 0. The van der Waals surface area contributed by atoms with Gasteiger partial charge in [-0.05, 0) is 31.0 Å². The van der Waals surface area contributed by atoms with E-state index in [2.05, 4.69) is 0 Å². The number of hydrogen-bond donors (Lipinski definition) is 0. The van der Waals surface area contributed by atoms with Crippen molar-refractivity contribution in [1.82, 2.24) is 0 Å². The summed E-state index contributed by atoms with van der Waals surface area (Å²) >= 11 is 0. The highest BCUT2D eigenvalue weighted by Gasteiger charge is 2.26. The number of hydrogen-bond acceptors (Lipinski definition) is 1. The highest BCUT2D eigenvalue weighted by Crippen LogP contribution is 2.22. The summed E-state index contributed by atoms with van der Waals surface area (Å²) in [6.45, 7) is 1.58. The maximum absolute atomic E-state index is 13.2. The van der Waals surface area contributed by atoms with Crippen LogP contribution < -0.4 is 4.74 Å². The topological polar surface area (TPSA) is 9.23 Å². The molecule has 90 valence electrons. The molecule has 0 aliphatic rings. The van der Waals surface area contributed by atoms with E-state index in [1.807, 2.05) is 0 Å². The van der Waals surface area contributed by atoms with Crippen molar-refractivity contribution < 1.29 is 22.3 Å². The third kappa shape index (κ3) is 4.51. The Bertz CT molecular complexity index is 346.